The molecule has 0 fully saturated rings. The Bertz CT molecular complexity index is 1080. The van der Waals surface area contributed by atoms with Crippen molar-refractivity contribution in [2.45, 2.75) is 58.1 Å². The zero-order chi connectivity index (χ0) is 28.0. The Balaban J connectivity index is 2.07. The first-order chi connectivity index (χ1) is 18.1. The number of alkyl carbamates (subject to hydrolysis) is 2. The van der Waals surface area contributed by atoms with Crippen LogP contribution in [0.5, 0.6) is 0 Å². The van der Waals surface area contributed by atoms with E-state index in [2.05, 4.69) is 10.6 Å². The van der Waals surface area contributed by atoms with Gasteiger partial charge < -0.3 is 29.6 Å². The van der Waals surface area contributed by atoms with Gasteiger partial charge in [0.05, 0.1) is 7.11 Å². The molecule has 2 N–H and O–H groups in total. The van der Waals surface area contributed by atoms with E-state index in [-0.39, 0.29) is 19.6 Å². The molecule has 0 saturated carbocycles. The molecule has 2 atom stereocenters. The topological polar surface area (TPSA) is 129 Å². The number of carbonyl (C=O) groups is 4. The number of benzene rings is 2. The van der Waals surface area contributed by atoms with Crippen LogP contribution in [0.4, 0.5) is 9.59 Å². The summed E-state index contributed by atoms with van der Waals surface area (Å²) >= 11 is 0. The lowest BCUT2D eigenvalue weighted by atomic mass is 10.1. The standard InChI is InChI=1S/C28H34N2O8/c1-28(2,3)38-27(34)30-22(24(31)35-4)16-11-17-23(25(32)36-18-20-12-7-5-8-13-20)29-26(33)37-19-21-14-9-6-10-15-21/h5-15,17,22-23H,16,18-19H2,1-4H3,(H,29,33)(H,30,34)/b17-11+/t22-,23+/m1/s1. The van der Waals surface area contributed by atoms with Crippen molar-refractivity contribution in [1.82, 2.24) is 10.6 Å². The lowest BCUT2D eigenvalue weighted by molar-refractivity contribution is -0.146. The van der Waals surface area contributed by atoms with Gasteiger partial charge >= 0.3 is 24.1 Å². The van der Waals surface area contributed by atoms with Crippen molar-refractivity contribution >= 4 is 24.1 Å². The molecule has 0 aliphatic heterocycles. The van der Waals surface area contributed by atoms with Gasteiger partial charge in [0, 0.05) is 0 Å². The van der Waals surface area contributed by atoms with E-state index in [1.807, 2.05) is 36.4 Å². The van der Waals surface area contributed by atoms with Crippen molar-refractivity contribution in [3.05, 3.63) is 83.9 Å². The molecule has 0 unspecified atom stereocenters. The molecule has 2 rings (SSSR count). The highest BCUT2D eigenvalue weighted by molar-refractivity contribution is 5.83. The summed E-state index contributed by atoms with van der Waals surface area (Å²) in [6.07, 6.45) is 1.11. The minimum absolute atomic E-state index is 0.00422. The van der Waals surface area contributed by atoms with Crippen LogP contribution >= 0.6 is 0 Å². The minimum Gasteiger partial charge on any atom is -0.467 e. The molecule has 2 amide bonds. The first kappa shape index (κ1) is 29.9. The van der Waals surface area contributed by atoms with Crippen LogP contribution in [0.2, 0.25) is 0 Å². The number of rotatable bonds is 11. The van der Waals surface area contributed by atoms with Crippen LogP contribution in [-0.4, -0.2) is 48.9 Å². The average molecular weight is 527 g/mol. The first-order valence-electron chi connectivity index (χ1n) is 12.0. The second-order valence-electron chi connectivity index (χ2n) is 9.16. The summed E-state index contributed by atoms with van der Waals surface area (Å²) in [4.78, 5) is 49.5. The van der Waals surface area contributed by atoms with Crippen molar-refractivity contribution < 1.29 is 38.1 Å². The van der Waals surface area contributed by atoms with E-state index in [4.69, 9.17) is 18.9 Å². The molecule has 0 spiro atoms. The van der Waals surface area contributed by atoms with Gasteiger partial charge in [0.15, 0.2) is 0 Å². The number of methoxy groups -OCH3 is 1. The molecule has 0 radical (unpaired) electrons. The van der Waals surface area contributed by atoms with Gasteiger partial charge in [0.1, 0.15) is 30.9 Å². The maximum absolute atomic E-state index is 12.8. The van der Waals surface area contributed by atoms with E-state index >= 15 is 0 Å². The van der Waals surface area contributed by atoms with Gasteiger partial charge in [-0.25, -0.2) is 19.2 Å². The molecule has 0 heterocycles. The van der Waals surface area contributed by atoms with Crippen molar-refractivity contribution in [3.8, 4) is 0 Å². The fraction of sp³-hybridized carbons (Fsp3) is 0.357. The molecule has 0 aliphatic carbocycles. The molecular weight excluding hydrogens is 492 g/mol. The third-order valence-electron chi connectivity index (χ3n) is 4.84. The highest BCUT2D eigenvalue weighted by Gasteiger charge is 2.25. The largest absolute Gasteiger partial charge is 0.467 e. The summed E-state index contributed by atoms with van der Waals surface area (Å²) in [5.41, 5.74) is 0.774. The predicted octanol–water partition coefficient (Wildman–Crippen LogP) is 4.04. The second-order valence-corrected chi connectivity index (χ2v) is 9.16. The summed E-state index contributed by atoms with van der Waals surface area (Å²) in [6, 6.07) is 15.8. The van der Waals surface area contributed by atoms with Gasteiger partial charge in [-0.15, -0.1) is 0 Å². The second kappa shape index (κ2) is 15.0. The number of hydrogen-bond donors (Lipinski definition) is 2. The Morgan fingerprint density at radius 2 is 1.34 bits per heavy atom. The highest BCUT2D eigenvalue weighted by atomic mass is 16.6. The van der Waals surface area contributed by atoms with E-state index in [1.54, 1.807) is 45.0 Å². The number of amides is 2. The minimum atomic E-state index is -1.22. The molecule has 38 heavy (non-hydrogen) atoms. The Labute approximate surface area is 222 Å². The van der Waals surface area contributed by atoms with Crippen molar-refractivity contribution in [2.24, 2.45) is 0 Å². The lowest BCUT2D eigenvalue weighted by Gasteiger charge is -2.22. The van der Waals surface area contributed by atoms with E-state index < -0.39 is 41.8 Å². The molecule has 2 aromatic carbocycles. The zero-order valence-electron chi connectivity index (χ0n) is 22.0. The van der Waals surface area contributed by atoms with E-state index in [0.717, 1.165) is 11.1 Å². The summed E-state index contributed by atoms with van der Waals surface area (Å²) < 4.78 is 20.5. The van der Waals surface area contributed by atoms with Gasteiger partial charge in [0.25, 0.3) is 0 Å². The molecule has 10 heteroatoms. The Kier molecular flexibility index (Phi) is 11.8. The molecule has 0 saturated heterocycles. The molecule has 0 bridgehead atoms. The van der Waals surface area contributed by atoms with Gasteiger partial charge in [-0.3, -0.25) is 0 Å². The van der Waals surface area contributed by atoms with E-state index in [0.29, 0.717) is 0 Å². The summed E-state index contributed by atoms with van der Waals surface area (Å²) in [6.45, 7) is 5.07. The maximum Gasteiger partial charge on any atom is 0.408 e. The summed E-state index contributed by atoms with van der Waals surface area (Å²) in [7, 11) is 1.18. The highest BCUT2D eigenvalue weighted by Crippen LogP contribution is 2.09. The predicted molar refractivity (Wildman–Crippen MR) is 139 cm³/mol. The van der Waals surface area contributed by atoms with Crippen LogP contribution in [0.25, 0.3) is 0 Å². The number of nitrogens with one attached hydrogen (secondary N) is 2. The normalized spacial score (nSPS) is 12.6. The lowest BCUT2D eigenvalue weighted by Crippen LogP contribution is -2.44. The zero-order valence-corrected chi connectivity index (χ0v) is 22.0. The van der Waals surface area contributed by atoms with E-state index in [9.17, 15) is 19.2 Å². The summed E-state index contributed by atoms with van der Waals surface area (Å²) in [5.74, 6) is -1.45. The Hall–Kier alpha value is -4.34. The van der Waals surface area contributed by atoms with Gasteiger partial charge in [-0.1, -0.05) is 72.8 Å². The molecule has 0 aromatic heterocycles. The Morgan fingerprint density at radius 3 is 1.87 bits per heavy atom. The van der Waals surface area contributed by atoms with Crippen molar-refractivity contribution in [1.29, 1.82) is 0 Å². The van der Waals surface area contributed by atoms with Gasteiger partial charge in [-0.2, -0.15) is 0 Å². The molecular formula is C28H34N2O8. The molecule has 204 valence electrons. The van der Waals surface area contributed by atoms with Crippen LogP contribution in [0.3, 0.4) is 0 Å². The number of hydrogen-bond acceptors (Lipinski definition) is 8. The first-order valence-corrected chi connectivity index (χ1v) is 12.0. The fourth-order valence-electron chi connectivity index (χ4n) is 3.05. The average Bonchev–Trinajstić information content (AvgIpc) is 2.89. The van der Waals surface area contributed by atoms with Crippen LogP contribution < -0.4 is 10.6 Å². The van der Waals surface area contributed by atoms with Gasteiger partial charge in [0.2, 0.25) is 0 Å². The number of esters is 2. The molecule has 0 aliphatic rings. The Morgan fingerprint density at radius 1 is 0.789 bits per heavy atom. The third-order valence-corrected chi connectivity index (χ3v) is 4.84. The maximum atomic E-state index is 12.8. The number of carbonyl (C=O) groups excluding carboxylic acids is 4. The molecule has 2 aromatic rings. The molecule has 10 nitrogen and oxygen atoms in total. The van der Waals surface area contributed by atoms with Crippen LogP contribution in [-0.2, 0) is 41.8 Å². The summed E-state index contributed by atoms with van der Waals surface area (Å²) in [5, 5.41) is 4.90. The van der Waals surface area contributed by atoms with Gasteiger partial charge in [-0.05, 0) is 38.3 Å². The monoisotopic (exact) mass is 526 g/mol. The van der Waals surface area contributed by atoms with E-state index in [1.165, 1.54) is 19.3 Å². The van der Waals surface area contributed by atoms with Crippen molar-refractivity contribution in [3.63, 3.8) is 0 Å². The van der Waals surface area contributed by atoms with Crippen LogP contribution in [0, 0.1) is 0 Å². The number of ether oxygens (including phenoxy) is 4. The quantitative estimate of drug-likeness (QED) is 0.255. The van der Waals surface area contributed by atoms with Crippen molar-refractivity contribution in [2.75, 3.05) is 7.11 Å². The SMILES string of the molecule is COC(=O)[C@@H](C/C=C/[C@H](NC(=O)OCc1ccccc1)C(=O)OCc1ccccc1)NC(=O)OC(C)(C)C. The fourth-order valence-corrected chi connectivity index (χ4v) is 3.05. The van der Waals surface area contributed by atoms with Crippen LogP contribution in [0.1, 0.15) is 38.3 Å². The smallest absolute Gasteiger partial charge is 0.408 e. The third kappa shape index (κ3) is 11.6. The van der Waals surface area contributed by atoms with Crippen LogP contribution in [0.15, 0.2) is 72.8 Å².